The van der Waals surface area contributed by atoms with Crippen LogP contribution in [0.3, 0.4) is 0 Å². The Morgan fingerprint density at radius 1 is 0.912 bits per heavy atom. The fourth-order valence-corrected chi connectivity index (χ4v) is 3.80. The number of halogens is 3. The summed E-state index contributed by atoms with van der Waals surface area (Å²) in [6.07, 6.45) is 2.86. The normalized spacial score (nSPS) is 13.8. The van der Waals surface area contributed by atoms with Crippen molar-refractivity contribution in [3.05, 3.63) is 89.1 Å². The van der Waals surface area contributed by atoms with E-state index in [0.29, 0.717) is 10.6 Å². The number of nitrogens with zero attached hydrogens (tertiary/aromatic N) is 6. The number of amides is 2. The molecule has 34 heavy (non-hydrogen) atoms. The third-order valence-corrected chi connectivity index (χ3v) is 5.46. The van der Waals surface area contributed by atoms with Crippen LogP contribution in [0, 0.1) is 5.82 Å². The Kier molecular flexibility index (Phi) is 5.36. The quantitative estimate of drug-likeness (QED) is 0.421. The zero-order chi connectivity index (χ0) is 23.8. The topological polar surface area (TPSA) is 76.3 Å². The number of aromatic nitrogens is 4. The van der Waals surface area contributed by atoms with Crippen LogP contribution in [0.4, 0.5) is 23.7 Å². The van der Waals surface area contributed by atoms with Crippen molar-refractivity contribution < 1.29 is 18.0 Å². The summed E-state index contributed by atoms with van der Waals surface area (Å²) in [7, 11) is 0. The first kappa shape index (κ1) is 21.4. The van der Waals surface area contributed by atoms with E-state index >= 15 is 4.39 Å². The number of hydrogen-bond acceptors (Lipinski definition) is 4. The summed E-state index contributed by atoms with van der Waals surface area (Å²) in [5, 5.41) is 8.59. The van der Waals surface area contributed by atoms with Gasteiger partial charge in [0.2, 0.25) is 5.43 Å². The molecule has 4 aromatic rings. The predicted molar refractivity (Wildman–Crippen MR) is 118 cm³/mol. The lowest BCUT2D eigenvalue weighted by Gasteiger charge is -2.18. The van der Waals surface area contributed by atoms with Gasteiger partial charge in [-0.25, -0.2) is 18.5 Å². The van der Waals surface area contributed by atoms with Crippen LogP contribution in [0.15, 0.2) is 77.9 Å². The maximum Gasteiger partial charge on any atom is 0.328 e. The molecular weight excluding hydrogens is 449 g/mol. The highest BCUT2D eigenvalue weighted by Gasteiger charge is 2.35. The minimum atomic E-state index is -2.92. The number of para-hydroxylation sites is 1. The van der Waals surface area contributed by atoms with Crippen molar-refractivity contribution >= 4 is 11.7 Å². The van der Waals surface area contributed by atoms with Gasteiger partial charge in [-0.1, -0.05) is 18.2 Å². The molecule has 5 rings (SSSR count). The standard InChI is InChI=1S/C23H17F3N6O2/c24-17-14-16(29-12-13-30(22(25)26)23(29)34)6-7-18(17)31-11-9-20(33)21(28-31)19-8-10-27-32(19)15-4-2-1-3-5-15/h1-11,14,22H,12-13H2. The van der Waals surface area contributed by atoms with Gasteiger partial charge < -0.3 is 0 Å². The van der Waals surface area contributed by atoms with Gasteiger partial charge >= 0.3 is 12.6 Å². The summed E-state index contributed by atoms with van der Waals surface area (Å²) < 4.78 is 43.7. The monoisotopic (exact) mass is 466 g/mol. The molecule has 3 heterocycles. The second-order valence-corrected chi connectivity index (χ2v) is 7.48. The number of carbonyl (C=O) groups is 1. The van der Waals surface area contributed by atoms with E-state index in [2.05, 4.69) is 10.2 Å². The minimum Gasteiger partial charge on any atom is -0.292 e. The summed E-state index contributed by atoms with van der Waals surface area (Å²) in [5.74, 6) is -0.737. The Morgan fingerprint density at radius 2 is 1.71 bits per heavy atom. The molecule has 1 saturated heterocycles. The van der Waals surface area contributed by atoms with Crippen molar-refractivity contribution in [1.29, 1.82) is 0 Å². The highest BCUT2D eigenvalue weighted by atomic mass is 19.3. The first-order valence-electron chi connectivity index (χ1n) is 10.3. The van der Waals surface area contributed by atoms with Crippen LogP contribution in [-0.4, -0.2) is 50.1 Å². The molecule has 0 aliphatic carbocycles. The molecule has 2 aromatic heterocycles. The lowest BCUT2D eigenvalue weighted by Crippen LogP contribution is -2.35. The van der Waals surface area contributed by atoms with Gasteiger partial charge in [-0.3, -0.25) is 14.6 Å². The SMILES string of the molecule is O=C1N(c2ccc(-n3ccc(=O)c(-c4ccnn4-c4ccccc4)n3)c(F)c2)CCN1C(F)F. The van der Waals surface area contributed by atoms with E-state index in [1.807, 2.05) is 30.3 Å². The molecule has 0 N–H and O–H groups in total. The molecule has 1 aliphatic heterocycles. The van der Waals surface area contributed by atoms with Crippen molar-refractivity contribution in [3.8, 4) is 22.8 Å². The van der Waals surface area contributed by atoms with Gasteiger partial charge in [-0.2, -0.15) is 19.0 Å². The van der Waals surface area contributed by atoms with Crippen molar-refractivity contribution in [2.45, 2.75) is 6.55 Å². The summed E-state index contributed by atoms with van der Waals surface area (Å²) in [6.45, 7) is -3.06. The number of carbonyl (C=O) groups excluding carboxylic acids is 1. The lowest BCUT2D eigenvalue weighted by molar-refractivity contribution is 0.0151. The van der Waals surface area contributed by atoms with Crippen LogP contribution < -0.4 is 10.3 Å². The second-order valence-electron chi connectivity index (χ2n) is 7.48. The van der Waals surface area contributed by atoms with Gasteiger partial charge in [0.15, 0.2) is 11.5 Å². The van der Waals surface area contributed by atoms with Crippen molar-refractivity contribution in [2.75, 3.05) is 18.0 Å². The zero-order valence-electron chi connectivity index (χ0n) is 17.6. The van der Waals surface area contributed by atoms with Crippen LogP contribution in [0.25, 0.3) is 22.8 Å². The van der Waals surface area contributed by atoms with Crippen molar-refractivity contribution in [1.82, 2.24) is 24.5 Å². The first-order chi connectivity index (χ1) is 16.4. The van der Waals surface area contributed by atoms with Crippen molar-refractivity contribution in [2.24, 2.45) is 0 Å². The number of alkyl halides is 2. The van der Waals surface area contributed by atoms with Gasteiger partial charge in [-0.15, -0.1) is 0 Å². The molecule has 0 unspecified atom stereocenters. The van der Waals surface area contributed by atoms with E-state index in [9.17, 15) is 18.4 Å². The predicted octanol–water partition coefficient (Wildman–Crippen LogP) is 3.69. The third kappa shape index (κ3) is 3.70. The molecule has 2 aromatic carbocycles. The van der Waals surface area contributed by atoms with E-state index in [-0.39, 0.29) is 35.6 Å². The van der Waals surface area contributed by atoms with Gasteiger partial charge in [-0.05, 0) is 36.4 Å². The molecule has 0 saturated carbocycles. The summed E-state index contributed by atoms with van der Waals surface area (Å²) in [5.41, 5.74) is 1.02. The first-order valence-corrected chi connectivity index (χ1v) is 10.3. The average Bonchev–Trinajstić information content (AvgIpc) is 3.47. The number of anilines is 1. The highest BCUT2D eigenvalue weighted by Crippen LogP contribution is 2.26. The molecule has 1 aliphatic rings. The maximum atomic E-state index is 15.0. The van der Waals surface area contributed by atoms with E-state index in [1.54, 1.807) is 10.7 Å². The van der Waals surface area contributed by atoms with Gasteiger partial charge in [0.05, 0.1) is 17.6 Å². The molecule has 0 atom stereocenters. The fraction of sp³-hybridized carbons (Fsp3) is 0.130. The molecule has 1 fully saturated rings. The van der Waals surface area contributed by atoms with Crippen LogP contribution in [-0.2, 0) is 0 Å². The van der Waals surface area contributed by atoms with E-state index < -0.39 is 18.4 Å². The molecule has 11 heteroatoms. The largest absolute Gasteiger partial charge is 0.328 e. The Bertz CT molecular complexity index is 1420. The lowest BCUT2D eigenvalue weighted by atomic mass is 10.2. The van der Waals surface area contributed by atoms with E-state index in [0.717, 1.165) is 16.7 Å². The molecule has 0 bridgehead atoms. The van der Waals surface area contributed by atoms with Gasteiger partial charge in [0, 0.05) is 31.0 Å². The smallest absolute Gasteiger partial charge is 0.292 e. The summed E-state index contributed by atoms with van der Waals surface area (Å²) >= 11 is 0. The fourth-order valence-electron chi connectivity index (χ4n) is 3.80. The molecule has 0 radical (unpaired) electrons. The zero-order valence-corrected chi connectivity index (χ0v) is 17.6. The number of urea groups is 1. The maximum absolute atomic E-state index is 15.0. The Hall–Kier alpha value is -4.41. The Morgan fingerprint density at radius 3 is 2.41 bits per heavy atom. The molecule has 8 nitrogen and oxygen atoms in total. The van der Waals surface area contributed by atoms with Crippen LogP contribution in [0.1, 0.15) is 0 Å². The second kappa shape index (κ2) is 8.50. The van der Waals surface area contributed by atoms with Crippen molar-refractivity contribution in [3.63, 3.8) is 0 Å². The van der Waals surface area contributed by atoms with E-state index in [4.69, 9.17) is 0 Å². The number of rotatable bonds is 5. The average molecular weight is 466 g/mol. The van der Waals surface area contributed by atoms with Crippen LogP contribution >= 0.6 is 0 Å². The minimum absolute atomic E-state index is 0.0197. The summed E-state index contributed by atoms with van der Waals surface area (Å²) in [4.78, 5) is 26.3. The molecule has 0 spiro atoms. The molecular formula is C23H17F3N6O2. The van der Waals surface area contributed by atoms with E-state index in [1.165, 1.54) is 35.3 Å². The molecule has 2 amide bonds. The van der Waals surface area contributed by atoms with Crippen LogP contribution in [0.5, 0.6) is 0 Å². The summed E-state index contributed by atoms with van der Waals surface area (Å²) in [6, 6.07) is 15.1. The van der Waals surface area contributed by atoms with Gasteiger partial charge in [0.25, 0.3) is 0 Å². The number of hydrogen-bond donors (Lipinski definition) is 0. The molecule has 172 valence electrons. The van der Waals surface area contributed by atoms with Gasteiger partial charge in [0.1, 0.15) is 5.69 Å². The van der Waals surface area contributed by atoms with Crippen LogP contribution in [0.2, 0.25) is 0 Å². The Balaban J connectivity index is 1.50. The third-order valence-electron chi connectivity index (χ3n) is 5.46. The number of benzene rings is 2. The highest BCUT2D eigenvalue weighted by molar-refractivity contribution is 5.94. The Labute approximate surface area is 191 Å².